The zero-order chi connectivity index (χ0) is 9.68. The summed E-state index contributed by atoms with van der Waals surface area (Å²) in [5, 5.41) is 0. The molecule has 0 aromatic heterocycles. The third kappa shape index (κ3) is 3.34. The summed E-state index contributed by atoms with van der Waals surface area (Å²) in [4.78, 5) is 0. The minimum atomic E-state index is 0.465. The van der Waals surface area contributed by atoms with E-state index < -0.39 is 0 Å². The van der Waals surface area contributed by atoms with Crippen molar-refractivity contribution in [3.05, 3.63) is 35.4 Å². The van der Waals surface area contributed by atoms with E-state index >= 15 is 0 Å². The van der Waals surface area contributed by atoms with Crippen LogP contribution in [0.2, 0.25) is 0 Å². The fourth-order valence-corrected chi connectivity index (χ4v) is 1.38. The summed E-state index contributed by atoms with van der Waals surface area (Å²) in [7, 11) is 0. The van der Waals surface area contributed by atoms with Gasteiger partial charge in [-0.2, -0.15) is 0 Å². The van der Waals surface area contributed by atoms with Crippen molar-refractivity contribution >= 4 is 0 Å². The Kier molecular flexibility index (Phi) is 3.58. The lowest BCUT2D eigenvalue weighted by molar-refractivity contribution is 0.750. The molecule has 68 valence electrons. The summed E-state index contributed by atoms with van der Waals surface area (Å²) in [6.45, 7) is 6.17. The van der Waals surface area contributed by atoms with Gasteiger partial charge in [-0.1, -0.05) is 36.8 Å². The molecule has 0 spiro atoms. The van der Waals surface area contributed by atoms with Crippen molar-refractivity contribution in [2.75, 3.05) is 0 Å². The Bertz CT molecular complexity index is 308. The molecular weight excluding hydrogens is 156 g/mol. The highest BCUT2D eigenvalue weighted by Crippen LogP contribution is 2.08. The van der Waals surface area contributed by atoms with Crippen LogP contribution < -0.4 is 0 Å². The average molecular weight is 172 g/mol. The van der Waals surface area contributed by atoms with Crippen molar-refractivity contribution in [1.82, 2.24) is 0 Å². The highest BCUT2D eigenvalue weighted by Gasteiger charge is 1.98. The second-order valence-corrected chi connectivity index (χ2v) is 3.49. The Morgan fingerprint density at radius 3 is 2.38 bits per heavy atom. The fourth-order valence-electron chi connectivity index (χ4n) is 1.38. The number of hydrogen-bond donors (Lipinski definition) is 0. The van der Waals surface area contributed by atoms with Crippen molar-refractivity contribution < 1.29 is 0 Å². The molecule has 1 unspecified atom stereocenters. The molecule has 0 heterocycles. The lowest BCUT2D eigenvalue weighted by atomic mass is 10.0. The SMILES string of the molecule is CC#CC(C)Cc1ccc(C)cc1. The smallest absolute Gasteiger partial charge is 0.0214 e. The molecule has 1 aromatic carbocycles. The molecule has 0 nitrogen and oxygen atoms in total. The van der Waals surface area contributed by atoms with E-state index in [0.717, 1.165) is 6.42 Å². The van der Waals surface area contributed by atoms with Crippen LogP contribution in [0, 0.1) is 24.7 Å². The Morgan fingerprint density at radius 2 is 1.85 bits per heavy atom. The van der Waals surface area contributed by atoms with Crippen LogP contribution >= 0.6 is 0 Å². The van der Waals surface area contributed by atoms with Crippen LogP contribution in [0.3, 0.4) is 0 Å². The Hall–Kier alpha value is -1.22. The van der Waals surface area contributed by atoms with Crippen molar-refractivity contribution in [3.8, 4) is 11.8 Å². The van der Waals surface area contributed by atoms with Gasteiger partial charge in [0.05, 0.1) is 0 Å². The average Bonchev–Trinajstić information content (AvgIpc) is 2.09. The lowest BCUT2D eigenvalue weighted by Crippen LogP contribution is -1.95. The van der Waals surface area contributed by atoms with E-state index in [2.05, 4.69) is 50.0 Å². The van der Waals surface area contributed by atoms with Crippen molar-refractivity contribution in [2.45, 2.75) is 27.2 Å². The molecule has 0 bridgehead atoms. The maximum Gasteiger partial charge on any atom is 0.0214 e. The summed E-state index contributed by atoms with van der Waals surface area (Å²) in [6.07, 6.45) is 1.06. The predicted molar refractivity (Wildman–Crippen MR) is 57.5 cm³/mol. The standard InChI is InChI=1S/C13H16/c1-4-5-12(3)10-13-8-6-11(2)7-9-13/h6-9,12H,10H2,1-3H3. The van der Waals surface area contributed by atoms with E-state index in [1.165, 1.54) is 11.1 Å². The highest BCUT2D eigenvalue weighted by atomic mass is 14.0. The molecule has 0 aliphatic rings. The normalized spacial score (nSPS) is 11.6. The quantitative estimate of drug-likeness (QED) is 0.601. The molecule has 13 heavy (non-hydrogen) atoms. The van der Waals surface area contributed by atoms with Gasteiger partial charge in [0.2, 0.25) is 0 Å². The zero-order valence-corrected chi connectivity index (χ0v) is 8.59. The first-order chi connectivity index (χ1) is 6.22. The third-order valence-corrected chi connectivity index (χ3v) is 2.05. The maximum atomic E-state index is 3.16. The first kappa shape index (κ1) is 9.86. The van der Waals surface area contributed by atoms with Crippen molar-refractivity contribution in [3.63, 3.8) is 0 Å². The van der Waals surface area contributed by atoms with E-state index in [9.17, 15) is 0 Å². The summed E-state index contributed by atoms with van der Waals surface area (Å²) in [5.41, 5.74) is 2.69. The summed E-state index contributed by atoms with van der Waals surface area (Å²) in [6, 6.07) is 8.68. The van der Waals surface area contributed by atoms with E-state index in [0.29, 0.717) is 5.92 Å². The van der Waals surface area contributed by atoms with E-state index in [1.807, 2.05) is 6.92 Å². The van der Waals surface area contributed by atoms with Crippen LogP contribution in [0.1, 0.15) is 25.0 Å². The van der Waals surface area contributed by atoms with Gasteiger partial charge in [0.15, 0.2) is 0 Å². The minimum absolute atomic E-state index is 0.465. The van der Waals surface area contributed by atoms with Crippen molar-refractivity contribution in [2.24, 2.45) is 5.92 Å². The Morgan fingerprint density at radius 1 is 1.23 bits per heavy atom. The summed E-state index contributed by atoms with van der Waals surface area (Å²) < 4.78 is 0. The van der Waals surface area contributed by atoms with Gasteiger partial charge in [0, 0.05) is 5.92 Å². The van der Waals surface area contributed by atoms with Crippen LogP contribution in [-0.4, -0.2) is 0 Å². The van der Waals surface area contributed by atoms with E-state index in [4.69, 9.17) is 0 Å². The highest BCUT2D eigenvalue weighted by molar-refractivity contribution is 5.22. The van der Waals surface area contributed by atoms with E-state index in [-0.39, 0.29) is 0 Å². The molecule has 0 amide bonds. The Balaban J connectivity index is 2.62. The summed E-state index contributed by atoms with van der Waals surface area (Å²) >= 11 is 0. The molecule has 1 rings (SSSR count). The number of rotatable bonds is 2. The van der Waals surface area contributed by atoms with Gasteiger partial charge in [-0.3, -0.25) is 0 Å². The fraction of sp³-hybridized carbons (Fsp3) is 0.385. The molecule has 0 N–H and O–H groups in total. The van der Waals surface area contributed by atoms with Gasteiger partial charge < -0.3 is 0 Å². The first-order valence-corrected chi connectivity index (χ1v) is 4.70. The third-order valence-electron chi connectivity index (χ3n) is 2.05. The van der Waals surface area contributed by atoms with E-state index in [1.54, 1.807) is 0 Å². The molecule has 1 atom stereocenters. The van der Waals surface area contributed by atoms with Crippen LogP contribution in [0.15, 0.2) is 24.3 Å². The minimum Gasteiger partial charge on any atom is -0.106 e. The second kappa shape index (κ2) is 4.72. The van der Waals surface area contributed by atoms with Crippen LogP contribution in [0.5, 0.6) is 0 Å². The van der Waals surface area contributed by atoms with Gasteiger partial charge in [-0.15, -0.1) is 11.8 Å². The molecule has 0 saturated carbocycles. The van der Waals surface area contributed by atoms with Crippen molar-refractivity contribution in [1.29, 1.82) is 0 Å². The molecule has 0 aliphatic carbocycles. The number of aryl methyl sites for hydroxylation is 1. The zero-order valence-electron chi connectivity index (χ0n) is 8.59. The van der Waals surface area contributed by atoms with Gasteiger partial charge in [-0.05, 0) is 25.8 Å². The lowest BCUT2D eigenvalue weighted by Gasteiger charge is -2.04. The van der Waals surface area contributed by atoms with Crippen LogP contribution in [0.25, 0.3) is 0 Å². The van der Waals surface area contributed by atoms with Gasteiger partial charge in [-0.25, -0.2) is 0 Å². The molecular formula is C13H16. The topological polar surface area (TPSA) is 0 Å². The number of benzene rings is 1. The molecule has 0 saturated heterocycles. The monoisotopic (exact) mass is 172 g/mol. The van der Waals surface area contributed by atoms with Gasteiger partial charge in [0.1, 0.15) is 0 Å². The molecule has 1 aromatic rings. The molecule has 0 heteroatoms. The van der Waals surface area contributed by atoms with Gasteiger partial charge in [0.25, 0.3) is 0 Å². The molecule has 0 radical (unpaired) electrons. The second-order valence-electron chi connectivity index (χ2n) is 3.49. The Labute approximate surface area is 81.0 Å². The predicted octanol–water partition coefficient (Wildman–Crippen LogP) is 3.20. The van der Waals surface area contributed by atoms with Gasteiger partial charge >= 0.3 is 0 Å². The molecule has 0 fully saturated rings. The number of hydrogen-bond acceptors (Lipinski definition) is 0. The molecule has 0 aliphatic heterocycles. The first-order valence-electron chi connectivity index (χ1n) is 4.70. The van der Waals surface area contributed by atoms with Crippen LogP contribution in [-0.2, 0) is 6.42 Å². The largest absolute Gasteiger partial charge is 0.106 e. The summed E-state index contributed by atoms with van der Waals surface area (Å²) in [5.74, 6) is 6.57. The van der Waals surface area contributed by atoms with Crippen LogP contribution in [0.4, 0.5) is 0 Å². The maximum absolute atomic E-state index is 3.16.